The van der Waals surface area contributed by atoms with Gasteiger partial charge in [-0.05, 0) is 110 Å². The van der Waals surface area contributed by atoms with E-state index in [1.807, 2.05) is 17.4 Å². The number of thiophene rings is 1. The monoisotopic (exact) mass is 794 g/mol. The van der Waals surface area contributed by atoms with E-state index >= 15 is 0 Å². The van der Waals surface area contributed by atoms with Crippen LogP contribution in [0.2, 0.25) is 0 Å². The molecule has 2 aromatic heterocycles. The molecule has 0 spiro atoms. The number of rotatable bonds is 6. The maximum atomic E-state index is 5.34. The molecule has 286 valence electrons. The van der Waals surface area contributed by atoms with Gasteiger partial charge in [0.2, 0.25) is 0 Å². The molecule has 3 heteroatoms. The fourth-order valence-electron chi connectivity index (χ4n) is 9.65. The van der Waals surface area contributed by atoms with Gasteiger partial charge in [0.1, 0.15) is 0 Å². The van der Waals surface area contributed by atoms with E-state index in [1.54, 1.807) is 0 Å². The summed E-state index contributed by atoms with van der Waals surface area (Å²) in [6.45, 7) is 2.36. The molecule has 0 aliphatic heterocycles. The molecule has 2 nitrogen and oxygen atoms in total. The highest BCUT2D eigenvalue weighted by Gasteiger charge is 2.41. The molecule has 0 amide bonds. The second kappa shape index (κ2) is 14.1. The average molecular weight is 795 g/mol. The summed E-state index contributed by atoms with van der Waals surface area (Å²) in [6, 6.07) is 77.0. The van der Waals surface area contributed by atoms with Crippen molar-refractivity contribution in [3.8, 4) is 67.3 Å². The van der Waals surface area contributed by atoms with E-state index in [1.165, 1.54) is 75.5 Å². The summed E-state index contributed by atoms with van der Waals surface area (Å²) in [7, 11) is 0. The highest BCUT2D eigenvalue weighted by atomic mass is 32.1. The van der Waals surface area contributed by atoms with Crippen molar-refractivity contribution in [3.63, 3.8) is 0 Å². The zero-order chi connectivity index (χ0) is 40.5. The van der Waals surface area contributed by atoms with Crippen molar-refractivity contribution >= 4 is 42.3 Å². The van der Waals surface area contributed by atoms with Crippen LogP contribution >= 0.6 is 11.3 Å². The summed E-state index contributed by atoms with van der Waals surface area (Å²) in [5.41, 5.74) is 15.8. The molecule has 11 aromatic rings. The molecule has 1 atom stereocenters. The van der Waals surface area contributed by atoms with E-state index < -0.39 is 0 Å². The molecule has 1 aliphatic rings. The molecule has 9 aromatic carbocycles. The van der Waals surface area contributed by atoms with Crippen molar-refractivity contribution in [3.05, 3.63) is 229 Å². The minimum absolute atomic E-state index is 0.303. The molecule has 0 fully saturated rings. The third-order valence-corrected chi connectivity index (χ3v) is 13.9. The largest absolute Gasteiger partial charge is 0.228 e. The number of benzene rings is 9. The number of fused-ring (bicyclic) bond motifs is 7. The van der Waals surface area contributed by atoms with Crippen LogP contribution in [0.3, 0.4) is 0 Å². The lowest BCUT2D eigenvalue weighted by Crippen LogP contribution is -2.22. The van der Waals surface area contributed by atoms with Crippen LogP contribution < -0.4 is 0 Å². The number of hydrogen-bond acceptors (Lipinski definition) is 3. The first-order valence-corrected chi connectivity index (χ1v) is 21.7. The molecule has 0 bridgehead atoms. The Labute approximate surface area is 359 Å². The lowest BCUT2D eigenvalue weighted by atomic mass is 9.74. The van der Waals surface area contributed by atoms with Crippen LogP contribution in [-0.4, -0.2) is 9.97 Å². The topological polar surface area (TPSA) is 25.8 Å². The molecule has 1 unspecified atom stereocenters. The van der Waals surface area contributed by atoms with Crippen molar-refractivity contribution in [1.82, 2.24) is 9.97 Å². The summed E-state index contributed by atoms with van der Waals surface area (Å²) < 4.78 is 2.60. The molecular formula is C58H38N2S. The van der Waals surface area contributed by atoms with Gasteiger partial charge in [-0.1, -0.05) is 170 Å². The molecule has 0 radical (unpaired) electrons. The lowest BCUT2D eigenvalue weighted by Gasteiger charge is -2.28. The van der Waals surface area contributed by atoms with Crippen LogP contribution in [0.25, 0.3) is 98.2 Å². The summed E-state index contributed by atoms with van der Waals surface area (Å²) >= 11 is 1.87. The summed E-state index contributed by atoms with van der Waals surface area (Å²) in [5.74, 6) is 0.710. The zero-order valence-corrected chi connectivity index (χ0v) is 34.3. The van der Waals surface area contributed by atoms with Crippen molar-refractivity contribution < 1.29 is 0 Å². The van der Waals surface area contributed by atoms with Gasteiger partial charge in [-0.3, -0.25) is 0 Å². The van der Waals surface area contributed by atoms with Crippen molar-refractivity contribution in [2.24, 2.45) is 0 Å². The van der Waals surface area contributed by atoms with Crippen LogP contribution in [-0.2, 0) is 5.41 Å². The minimum Gasteiger partial charge on any atom is -0.228 e. The molecule has 61 heavy (non-hydrogen) atoms. The number of hydrogen-bond donors (Lipinski definition) is 0. The maximum absolute atomic E-state index is 5.34. The van der Waals surface area contributed by atoms with Gasteiger partial charge in [-0.25, -0.2) is 9.97 Å². The van der Waals surface area contributed by atoms with Crippen LogP contribution in [0.5, 0.6) is 0 Å². The van der Waals surface area contributed by atoms with Gasteiger partial charge < -0.3 is 0 Å². The predicted molar refractivity (Wildman–Crippen MR) is 257 cm³/mol. The van der Waals surface area contributed by atoms with Gasteiger partial charge in [0.25, 0.3) is 0 Å². The Hall–Kier alpha value is -7.46. The predicted octanol–water partition coefficient (Wildman–Crippen LogP) is 15.7. The number of nitrogens with zero attached hydrogens (tertiary/aromatic N) is 2. The Morgan fingerprint density at radius 1 is 0.377 bits per heavy atom. The molecule has 2 heterocycles. The lowest BCUT2D eigenvalue weighted by molar-refractivity contribution is 0.714. The third-order valence-electron chi connectivity index (χ3n) is 12.8. The fourth-order valence-corrected chi connectivity index (χ4v) is 10.8. The van der Waals surface area contributed by atoms with Crippen LogP contribution in [0.4, 0.5) is 0 Å². The molecule has 12 rings (SSSR count). The molecule has 0 saturated heterocycles. The quantitative estimate of drug-likeness (QED) is 0.168. The van der Waals surface area contributed by atoms with Gasteiger partial charge in [0, 0.05) is 42.3 Å². The van der Waals surface area contributed by atoms with E-state index in [0.29, 0.717) is 5.82 Å². The molecule has 1 aliphatic carbocycles. The van der Waals surface area contributed by atoms with Gasteiger partial charge in [-0.15, -0.1) is 11.3 Å². The standard InChI is InChI=1S/C58H38N2S/c1-58(45-21-9-4-10-22-45)50-25-12-11-23-46(50)56-47(24-14-26-51(56)58)53-36-52(59-57(60-53)38-17-7-3-8-18-38)43-20-13-19-39(31-43)41-29-30-54-48(33-41)49-34-44-32-40(37-15-5-2-6-16-37)27-28-42(44)35-55(49)61-54/h2-36H,1H3. The smallest absolute Gasteiger partial charge is 0.160 e. The van der Waals surface area contributed by atoms with E-state index in [-0.39, 0.29) is 5.41 Å². The van der Waals surface area contributed by atoms with E-state index in [9.17, 15) is 0 Å². The normalized spacial score (nSPS) is 14.4. The Balaban J connectivity index is 0.989. The van der Waals surface area contributed by atoms with Crippen LogP contribution in [0.1, 0.15) is 23.6 Å². The first-order valence-electron chi connectivity index (χ1n) is 20.9. The number of aromatic nitrogens is 2. The van der Waals surface area contributed by atoms with Crippen molar-refractivity contribution in [2.45, 2.75) is 12.3 Å². The summed E-state index contributed by atoms with van der Waals surface area (Å²) in [4.78, 5) is 10.6. The Morgan fingerprint density at radius 3 is 1.82 bits per heavy atom. The van der Waals surface area contributed by atoms with E-state index in [4.69, 9.17) is 9.97 Å². The fraction of sp³-hybridized carbons (Fsp3) is 0.0345. The Kier molecular flexibility index (Phi) is 8.19. The third kappa shape index (κ3) is 5.84. The van der Waals surface area contributed by atoms with E-state index in [2.05, 4.69) is 213 Å². The van der Waals surface area contributed by atoms with Gasteiger partial charge >= 0.3 is 0 Å². The molecule has 0 N–H and O–H groups in total. The van der Waals surface area contributed by atoms with Crippen molar-refractivity contribution in [2.75, 3.05) is 0 Å². The van der Waals surface area contributed by atoms with Gasteiger partial charge in [0.15, 0.2) is 5.82 Å². The van der Waals surface area contributed by atoms with Gasteiger partial charge in [0.05, 0.1) is 11.4 Å². The average Bonchev–Trinajstić information content (AvgIpc) is 3.83. The molecule has 0 saturated carbocycles. The Morgan fingerprint density at radius 2 is 0.984 bits per heavy atom. The zero-order valence-electron chi connectivity index (χ0n) is 33.5. The molecular weight excluding hydrogens is 757 g/mol. The summed E-state index contributed by atoms with van der Waals surface area (Å²) in [6.07, 6.45) is 0. The van der Waals surface area contributed by atoms with Crippen molar-refractivity contribution in [1.29, 1.82) is 0 Å². The minimum atomic E-state index is -0.303. The highest BCUT2D eigenvalue weighted by molar-refractivity contribution is 7.25. The highest BCUT2D eigenvalue weighted by Crippen LogP contribution is 2.55. The Bertz CT molecular complexity index is 3480. The van der Waals surface area contributed by atoms with E-state index in [0.717, 1.165) is 33.6 Å². The van der Waals surface area contributed by atoms with Crippen LogP contribution in [0.15, 0.2) is 212 Å². The summed E-state index contributed by atoms with van der Waals surface area (Å²) in [5, 5.41) is 5.10. The first-order chi connectivity index (χ1) is 30.1. The maximum Gasteiger partial charge on any atom is 0.160 e. The second-order valence-corrected chi connectivity index (χ2v) is 17.3. The SMILES string of the molecule is CC1(c2ccccc2)c2ccccc2-c2c(-c3cc(-c4cccc(-c5ccc6sc7cc8ccc(-c9ccccc9)cc8cc7c6c5)c4)nc(-c4ccccc4)n3)cccc21. The first kappa shape index (κ1) is 35.5. The second-order valence-electron chi connectivity index (χ2n) is 16.3. The van der Waals surface area contributed by atoms with Crippen LogP contribution in [0, 0.1) is 0 Å². The van der Waals surface area contributed by atoms with Gasteiger partial charge in [-0.2, -0.15) is 0 Å².